The summed E-state index contributed by atoms with van der Waals surface area (Å²) < 4.78 is 0. The van der Waals surface area contributed by atoms with Crippen molar-refractivity contribution in [2.75, 3.05) is 0 Å². The molecule has 0 aliphatic rings. The highest BCUT2D eigenvalue weighted by Crippen LogP contribution is 2.22. The molecule has 0 unspecified atom stereocenters. The van der Waals surface area contributed by atoms with E-state index in [9.17, 15) is 0 Å². The van der Waals surface area contributed by atoms with Crippen LogP contribution in [-0.2, 0) is 6.54 Å². The molecule has 0 bridgehead atoms. The van der Waals surface area contributed by atoms with Crippen molar-refractivity contribution in [3.8, 4) is 11.3 Å². The summed E-state index contributed by atoms with van der Waals surface area (Å²) >= 11 is 1.73. The highest BCUT2D eigenvalue weighted by molar-refractivity contribution is 7.09. The Hall–Kier alpha value is -1.19. The molecule has 1 aromatic carbocycles. The second-order valence-corrected chi connectivity index (χ2v) is 6.42. The van der Waals surface area contributed by atoms with Crippen LogP contribution in [0.5, 0.6) is 0 Å². The first-order valence-corrected chi connectivity index (χ1v) is 7.73. The highest BCUT2D eigenvalue weighted by atomic mass is 32.1. The van der Waals surface area contributed by atoms with Crippen molar-refractivity contribution in [3.63, 3.8) is 0 Å². The van der Waals surface area contributed by atoms with E-state index in [4.69, 9.17) is 4.98 Å². The van der Waals surface area contributed by atoms with E-state index < -0.39 is 0 Å². The zero-order chi connectivity index (χ0) is 13.7. The zero-order valence-electron chi connectivity index (χ0n) is 11.9. The monoisotopic (exact) mass is 274 g/mol. The minimum absolute atomic E-state index is 0.188. The minimum Gasteiger partial charge on any atom is -0.305 e. The Morgan fingerprint density at radius 3 is 2.63 bits per heavy atom. The summed E-state index contributed by atoms with van der Waals surface area (Å²) in [6, 6.07) is 10.3. The molecule has 0 saturated heterocycles. The van der Waals surface area contributed by atoms with Gasteiger partial charge in [0.15, 0.2) is 0 Å². The summed E-state index contributed by atoms with van der Waals surface area (Å²) in [6.07, 6.45) is 2.39. The fourth-order valence-electron chi connectivity index (χ4n) is 2.16. The van der Waals surface area contributed by atoms with Gasteiger partial charge in [-0.25, -0.2) is 4.98 Å². The van der Waals surface area contributed by atoms with Gasteiger partial charge in [-0.05, 0) is 20.3 Å². The number of rotatable bonds is 6. The summed E-state index contributed by atoms with van der Waals surface area (Å²) in [7, 11) is 0. The van der Waals surface area contributed by atoms with Gasteiger partial charge in [0.2, 0.25) is 0 Å². The van der Waals surface area contributed by atoms with Crippen LogP contribution in [0, 0.1) is 0 Å². The largest absolute Gasteiger partial charge is 0.305 e. The van der Waals surface area contributed by atoms with Gasteiger partial charge in [-0.2, -0.15) is 0 Å². The lowest BCUT2D eigenvalue weighted by molar-refractivity contribution is 0.356. The van der Waals surface area contributed by atoms with E-state index >= 15 is 0 Å². The van der Waals surface area contributed by atoms with Crippen LogP contribution < -0.4 is 5.32 Å². The topological polar surface area (TPSA) is 24.9 Å². The molecule has 0 spiro atoms. The average Bonchev–Trinajstić information content (AvgIpc) is 2.86. The fourth-order valence-corrected chi connectivity index (χ4v) is 2.90. The van der Waals surface area contributed by atoms with E-state index in [1.807, 2.05) is 6.07 Å². The van der Waals surface area contributed by atoms with Crippen molar-refractivity contribution in [2.45, 2.75) is 45.7 Å². The molecule has 0 aliphatic carbocycles. The normalized spacial score (nSPS) is 11.7. The third-order valence-corrected chi connectivity index (χ3v) is 4.06. The molecule has 1 N–H and O–H groups in total. The molecule has 0 amide bonds. The average molecular weight is 274 g/mol. The quantitative estimate of drug-likeness (QED) is 0.840. The summed E-state index contributed by atoms with van der Waals surface area (Å²) in [4.78, 5) is 4.70. The number of thiazole rings is 1. The summed E-state index contributed by atoms with van der Waals surface area (Å²) in [6.45, 7) is 7.58. The number of nitrogens with one attached hydrogen (secondary N) is 1. The lowest BCUT2D eigenvalue weighted by Crippen LogP contribution is -2.38. The number of hydrogen-bond acceptors (Lipinski definition) is 3. The SMILES string of the molecule is CCCC(C)(C)NCc1nc(-c2ccccc2)cs1. The molecule has 1 heterocycles. The second kappa shape index (κ2) is 6.31. The summed E-state index contributed by atoms with van der Waals surface area (Å²) in [5, 5.41) is 6.88. The maximum absolute atomic E-state index is 4.70. The summed E-state index contributed by atoms with van der Waals surface area (Å²) in [5.74, 6) is 0. The van der Waals surface area contributed by atoms with Crippen LogP contribution in [-0.4, -0.2) is 10.5 Å². The van der Waals surface area contributed by atoms with Gasteiger partial charge in [-0.15, -0.1) is 11.3 Å². The van der Waals surface area contributed by atoms with Gasteiger partial charge in [0.1, 0.15) is 5.01 Å². The molecule has 19 heavy (non-hydrogen) atoms. The Morgan fingerprint density at radius 1 is 1.21 bits per heavy atom. The van der Waals surface area contributed by atoms with Crippen molar-refractivity contribution in [2.24, 2.45) is 0 Å². The third-order valence-electron chi connectivity index (χ3n) is 3.21. The van der Waals surface area contributed by atoms with Gasteiger partial charge in [0, 0.05) is 23.0 Å². The molecular formula is C16H22N2S. The highest BCUT2D eigenvalue weighted by Gasteiger charge is 2.16. The molecular weight excluding hydrogens is 252 g/mol. The molecule has 2 aromatic rings. The first-order chi connectivity index (χ1) is 9.11. The van der Waals surface area contributed by atoms with Gasteiger partial charge >= 0.3 is 0 Å². The number of benzene rings is 1. The van der Waals surface area contributed by atoms with Crippen LogP contribution >= 0.6 is 11.3 Å². The van der Waals surface area contributed by atoms with E-state index in [-0.39, 0.29) is 5.54 Å². The first-order valence-electron chi connectivity index (χ1n) is 6.85. The number of nitrogens with zero attached hydrogens (tertiary/aromatic N) is 1. The molecule has 1 aromatic heterocycles. The van der Waals surface area contributed by atoms with Crippen molar-refractivity contribution in [1.29, 1.82) is 0 Å². The first kappa shape index (κ1) is 14.2. The van der Waals surface area contributed by atoms with Crippen LogP contribution in [0.15, 0.2) is 35.7 Å². The van der Waals surface area contributed by atoms with Crippen molar-refractivity contribution in [1.82, 2.24) is 10.3 Å². The van der Waals surface area contributed by atoms with Gasteiger partial charge in [0.05, 0.1) is 5.69 Å². The maximum atomic E-state index is 4.70. The van der Waals surface area contributed by atoms with Crippen LogP contribution in [0.2, 0.25) is 0 Å². The molecule has 0 fully saturated rings. The predicted molar refractivity (Wildman–Crippen MR) is 83.4 cm³/mol. The standard InChI is InChI=1S/C16H22N2S/c1-4-10-16(2,3)17-11-15-18-14(12-19-15)13-8-6-5-7-9-13/h5-9,12,17H,4,10-11H2,1-3H3. The Labute approximate surface area is 119 Å². The van der Waals surface area contributed by atoms with Crippen LogP contribution in [0.4, 0.5) is 0 Å². The lowest BCUT2D eigenvalue weighted by Gasteiger charge is -2.25. The lowest BCUT2D eigenvalue weighted by atomic mass is 9.99. The third kappa shape index (κ3) is 4.15. The van der Waals surface area contributed by atoms with Gasteiger partial charge in [0.25, 0.3) is 0 Å². The van der Waals surface area contributed by atoms with Crippen molar-refractivity contribution < 1.29 is 0 Å². The number of hydrogen-bond donors (Lipinski definition) is 1. The Kier molecular flexibility index (Phi) is 4.72. The van der Waals surface area contributed by atoms with Gasteiger partial charge < -0.3 is 5.32 Å². The van der Waals surface area contributed by atoms with Crippen molar-refractivity contribution >= 4 is 11.3 Å². The molecule has 102 valence electrons. The minimum atomic E-state index is 0.188. The number of aromatic nitrogens is 1. The van der Waals surface area contributed by atoms with Crippen molar-refractivity contribution in [3.05, 3.63) is 40.7 Å². The Bertz CT molecular complexity index is 502. The summed E-state index contributed by atoms with van der Waals surface area (Å²) in [5.41, 5.74) is 2.46. The van der Waals surface area contributed by atoms with E-state index in [0.717, 1.165) is 17.2 Å². The van der Waals surface area contributed by atoms with Gasteiger partial charge in [-0.3, -0.25) is 0 Å². The van der Waals surface area contributed by atoms with E-state index in [1.165, 1.54) is 18.4 Å². The maximum Gasteiger partial charge on any atom is 0.107 e. The fraction of sp³-hybridized carbons (Fsp3) is 0.438. The Balaban J connectivity index is 1.99. The van der Waals surface area contributed by atoms with Gasteiger partial charge in [-0.1, -0.05) is 43.7 Å². The Morgan fingerprint density at radius 2 is 1.95 bits per heavy atom. The van der Waals surface area contributed by atoms with E-state index in [1.54, 1.807) is 11.3 Å². The molecule has 0 atom stereocenters. The second-order valence-electron chi connectivity index (χ2n) is 5.48. The van der Waals surface area contributed by atoms with E-state index in [2.05, 4.69) is 55.7 Å². The van der Waals surface area contributed by atoms with Crippen LogP contribution in [0.1, 0.15) is 38.6 Å². The molecule has 2 nitrogen and oxygen atoms in total. The molecule has 0 aliphatic heterocycles. The smallest absolute Gasteiger partial charge is 0.107 e. The molecule has 3 heteroatoms. The zero-order valence-corrected chi connectivity index (χ0v) is 12.8. The molecule has 0 radical (unpaired) electrons. The van der Waals surface area contributed by atoms with Crippen LogP contribution in [0.25, 0.3) is 11.3 Å². The molecule has 0 saturated carbocycles. The predicted octanol–water partition coefficient (Wildman–Crippen LogP) is 4.48. The van der Waals surface area contributed by atoms with Crippen LogP contribution in [0.3, 0.4) is 0 Å². The molecule has 2 rings (SSSR count). The van der Waals surface area contributed by atoms with E-state index in [0.29, 0.717) is 0 Å².